The molecule has 0 fully saturated rings. The lowest BCUT2D eigenvalue weighted by molar-refractivity contribution is -0.597. The van der Waals surface area contributed by atoms with E-state index in [2.05, 4.69) is 52.3 Å². The molecule has 0 saturated heterocycles. The number of fused-ring (bicyclic) bond motifs is 4. The number of rotatable bonds is 1. The Kier molecular flexibility index (Phi) is 2.84. The Morgan fingerprint density at radius 3 is 2.26 bits per heavy atom. The molecule has 0 unspecified atom stereocenters. The number of aryl methyl sites for hydroxylation is 1. The number of hydrogen-bond acceptors (Lipinski definition) is 1. The van der Waals surface area contributed by atoms with Crippen molar-refractivity contribution in [1.29, 1.82) is 0 Å². The molecule has 0 aliphatic heterocycles. The van der Waals surface area contributed by atoms with Gasteiger partial charge < -0.3 is 0 Å². The summed E-state index contributed by atoms with van der Waals surface area (Å²) in [5.74, 6) is 0. The summed E-state index contributed by atoms with van der Waals surface area (Å²) >= 11 is 0. The number of nitrogens with zero attached hydrogens (tertiary/aromatic N) is 2. The monoisotopic (exact) mass is 299 g/mol. The SMILES string of the molecule is c1ccc2c(c1)CCc1c(cc(-[n+]3ccncc3)c3c1CC3)C2. The number of benzene rings is 2. The molecular weight excluding hydrogens is 280 g/mol. The molecule has 1 heterocycles. The predicted molar refractivity (Wildman–Crippen MR) is 89.8 cm³/mol. The van der Waals surface area contributed by atoms with Crippen LogP contribution in [0.3, 0.4) is 0 Å². The van der Waals surface area contributed by atoms with Gasteiger partial charge in [-0.15, -0.1) is 0 Å². The average Bonchev–Trinajstić information content (AvgIpc) is 2.74. The van der Waals surface area contributed by atoms with Crippen molar-refractivity contribution >= 4 is 0 Å². The minimum absolute atomic E-state index is 1.07. The first kappa shape index (κ1) is 13.0. The Morgan fingerprint density at radius 1 is 0.739 bits per heavy atom. The van der Waals surface area contributed by atoms with Gasteiger partial charge in [-0.1, -0.05) is 24.3 Å². The number of aromatic nitrogens is 2. The molecule has 0 N–H and O–H groups in total. The Bertz CT molecular complexity index is 897. The molecule has 2 aliphatic rings. The molecule has 3 aromatic rings. The smallest absolute Gasteiger partial charge is 0.214 e. The van der Waals surface area contributed by atoms with Crippen LogP contribution in [0.5, 0.6) is 0 Å². The van der Waals surface area contributed by atoms with Crippen LogP contribution < -0.4 is 4.57 Å². The van der Waals surface area contributed by atoms with Crippen LogP contribution in [0.2, 0.25) is 0 Å². The molecule has 0 radical (unpaired) electrons. The van der Waals surface area contributed by atoms with E-state index in [9.17, 15) is 0 Å². The lowest BCUT2D eigenvalue weighted by Crippen LogP contribution is -2.34. The van der Waals surface area contributed by atoms with E-state index in [4.69, 9.17) is 0 Å². The van der Waals surface area contributed by atoms with Crippen LogP contribution in [0.1, 0.15) is 33.4 Å². The minimum atomic E-state index is 1.07. The van der Waals surface area contributed by atoms with Crippen molar-refractivity contribution < 1.29 is 4.57 Å². The fourth-order valence-corrected chi connectivity index (χ4v) is 4.14. The van der Waals surface area contributed by atoms with Crippen LogP contribution in [0.25, 0.3) is 5.69 Å². The zero-order chi connectivity index (χ0) is 15.2. The van der Waals surface area contributed by atoms with Crippen LogP contribution in [-0.4, -0.2) is 4.98 Å². The van der Waals surface area contributed by atoms with Gasteiger partial charge in [-0.25, -0.2) is 0 Å². The zero-order valence-electron chi connectivity index (χ0n) is 13.1. The Labute approximate surface area is 136 Å². The molecular formula is C21H19N2+. The zero-order valence-corrected chi connectivity index (χ0v) is 13.1. The van der Waals surface area contributed by atoms with Crippen molar-refractivity contribution in [1.82, 2.24) is 4.98 Å². The summed E-state index contributed by atoms with van der Waals surface area (Å²) in [5, 5.41) is 0. The highest BCUT2D eigenvalue weighted by atomic mass is 15.0. The van der Waals surface area contributed by atoms with Gasteiger partial charge in [0.1, 0.15) is 0 Å². The molecule has 23 heavy (non-hydrogen) atoms. The van der Waals surface area contributed by atoms with Gasteiger partial charge in [0, 0.05) is 11.6 Å². The first-order chi connectivity index (χ1) is 11.4. The highest BCUT2D eigenvalue weighted by Crippen LogP contribution is 2.36. The Balaban J connectivity index is 1.69. The Hall–Kier alpha value is -2.48. The molecule has 112 valence electrons. The molecule has 0 spiro atoms. The van der Waals surface area contributed by atoms with Crippen LogP contribution in [-0.2, 0) is 32.1 Å². The van der Waals surface area contributed by atoms with Gasteiger partial charge >= 0.3 is 0 Å². The molecule has 0 atom stereocenters. The first-order valence-corrected chi connectivity index (χ1v) is 8.45. The number of hydrogen-bond donors (Lipinski definition) is 0. The van der Waals surface area contributed by atoms with Crippen molar-refractivity contribution in [3.05, 3.63) is 88.5 Å². The fourth-order valence-electron chi connectivity index (χ4n) is 4.14. The van der Waals surface area contributed by atoms with Gasteiger partial charge in [-0.2, -0.15) is 4.57 Å². The van der Waals surface area contributed by atoms with Crippen molar-refractivity contribution in [3.8, 4) is 5.69 Å². The lowest BCUT2D eigenvalue weighted by Gasteiger charge is -2.25. The normalized spacial score (nSPS) is 15.0. The van der Waals surface area contributed by atoms with E-state index < -0.39 is 0 Å². The van der Waals surface area contributed by atoms with Gasteiger partial charge in [0.05, 0.1) is 12.4 Å². The quantitative estimate of drug-likeness (QED) is 0.631. The maximum absolute atomic E-state index is 4.15. The van der Waals surface area contributed by atoms with E-state index in [0.29, 0.717) is 0 Å². The highest BCUT2D eigenvalue weighted by Gasteiger charge is 2.29. The maximum atomic E-state index is 4.15. The molecule has 0 saturated carbocycles. The average molecular weight is 299 g/mol. The highest BCUT2D eigenvalue weighted by molar-refractivity contribution is 5.57. The second kappa shape index (κ2) is 5.02. The molecule has 5 rings (SSSR count). The van der Waals surface area contributed by atoms with Gasteiger partial charge in [-0.05, 0) is 59.9 Å². The molecule has 0 bridgehead atoms. The summed E-state index contributed by atoms with van der Waals surface area (Å²) in [6.07, 6.45) is 13.7. The standard InChI is InChI=1S/C21H19N2/c1-2-4-16-13-17-14-21(23-11-9-22-10-12-23)20-8-7-19(20)18(17)6-5-15(16)3-1/h1-4,9-12,14H,5-8,13H2/q+1. The van der Waals surface area contributed by atoms with Crippen LogP contribution in [0, 0.1) is 0 Å². The van der Waals surface area contributed by atoms with Crippen LogP contribution in [0.15, 0.2) is 55.1 Å². The van der Waals surface area contributed by atoms with Crippen molar-refractivity contribution in [2.24, 2.45) is 0 Å². The van der Waals surface area contributed by atoms with Gasteiger partial charge in [0.2, 0.25) is 5.69 Å². The summed E-state index contributed by atoms with van der Waals surface area (Å²) in [5.41, 5.74) is 10.7. The predicted octanol–water partition coefficient (Wildman–Crippen LogP) is 3.15. The van der Waals surface area contributed by atoms with Crippen LogP contribution in [0.4, 0.5) is 0 Å². The molecule has 2 aliphatic carbocycles. The third kappa shape index (κ3) is 2.02. The van der Waals surface area contributed by atoms with E-state index in [0.717, 1.165) is 6.42 Å². The van der Waals surface area contributed by atoms with Gasteiger partial charge in [-0.3, -0.25) is 4.98 Å². The van der Waals surface area contributed by atoms with E-state index in [-0.39, 0.29) is 0 Å². The molecule has 2 heteroatoms. The fraction of sp³-hybridized carbons (Fsp3) is 0.238. The van der Waals surface area contributed by atoms with Crippen LogP contribution >= 0.6 is 0 Å². The van der Waals surface area contributed by atoms with E-state index in [1.807, 2.05) is 12.4 Å². The summed E-state index contributed by atoms with van der Waals surface area (Å²) in [6, 6.07) is 11.4. The largest absolute Gasteiger partial charge is 0.252 e. The first-order valence-electron chi connectivity index (χ1n) is 8.45. The summed E-state index contributed by atoms with van der Waals surface area (Å²) in [6.45, 7) is 0. The molecule has 2 aromatic carbocycles. The molecule has 2 nitrogen and oxygen atoms in total. The maximum Gasteiger partial charge on any atom is 0.214 e. The summed E-state index contributed by atoms with van der Waals surface area (Å²) in [7, 11) is 0. The molecule has 1 aromatic heterocycles. The van der Waals surface area contributed by atoms with E-state index in [1.165, 1.54) is 48.1 Å². The lowest BCUT2D eigenvalue weighted by atomic mass is 9.79. The topological polar surface area (TPSA) is 16.8 Å². The van der Waals surface area contributed by atoms with Gasteiger partial charge in [0.15, 0.2) is 12.4 Å². The van der Waals surface area contributed by atoms with Gasteiger partial charge in [0.25, 0.3) is 0 Å². The van der Waals surface area contributed by atoms with Crippen molar-refractivity contribution in [2.75, 3.05) is 0 Å². The second-order valence-corrected chi connectivity index (χ2v) is 6.59. The molecule has 0 amide bonds. The third-order valence-corrected chi connectivity index (χ3v) is 5.41. The Morgan fingerprint density at radius 2 is 1.48 bits per heavy atom. The second-order valence-electron chi connectivity index (χ2n) is 6.59. The summed E-state index contributed by atoms with van der Waals surface area (Å²) < 4.78 is 2.22. The summed E-state index contributed by atoms with van der Waals surface area (Å²) in [4.78, 5) is 4.15. The van der Waals surface area contributed by atoms with E-state index >= 15 is 0 Å². The minimum Gasteiger partial charge on any atom is -0.252 e. The third-order valence-electron chi connectivity index (χ3n) is 5.41. The van der Waals surface area contributed by atoms with Crippen molar-refractivity contribution in [2.45, 2.75) is 32.1 Å². The van der Waals surface area contributed by atoms with Crippen molar-refractivity contribution in [3.63, 3.8) is 0 Å². The van der Waals surface area contributed by atoms with E-state index in [1.54, 1.807) is 16.7 Å².